The molecule has 9 heteroatoms. The summed E-state index contributed by atoms with van der Waals surface area (Å²) in [5.41, 5.74) is 0.668. The Hall–Kier alpha value is -2.81. The second-order valence-corrected chi connectivity index (χ2v) is 5.98. The maximum atomic E-state index is 12.3. The van der Waals surface area contributed by atoms with E-state index in [1.807, 2.05) is 12.1 Å². The molecule has 1 aromatic heterocycles. The molecule has 0 fully saturated rings. The summed E-state index contributed by atoms with van der Waals surface area (Å²) in [6, 6.07) is 5.46. The van der Waals surface area contributed by atoms with E-state index in [9.17, 15) is 9.59 Å². The lowest BCUT2D eigenvalue weighted by molar-refractivity contribution is -0.141. The fraction of sp³-hybridized carbons (Fsp3) is 0.312. The first-order valence-corrected chi connectivity index (χ1v) is 8.22. The van der Waals surface area contributed by atoms with Crippen LogP contribution in [0.5, 0.6) is 5.75 Å². The van der Waals surface area contributed by atoms with Crippen molar-refractivity contribution in [1.29, 1.82) is 0 Å². The molecular formula is C16H16N2O6S. The predicted molar refractivity (Wildman–Crippen MR) is 88.9 cm³/mol. The number of hydrogen-bond donors (Lipinski definition) is 0. The van der Waals surface area contributed by atoms with Crippen LogP contribution in [0.15, 0.2) is 35.2 Å². The zero-order valence-electron chi connectivity index (χ0n) is 13.7. The summed E-state index contributed by atoms with van der Waals surface area (Å²) in [4.78, 5) is 28.5. The van der Waals surface area contributed by atoms with Crippen LogP contribution in [0.2, 0.25) is 0 Å². The largest absolute Gasteiger partial charge is 0.495 e. The summed E-state index contributed by atoms with van der Waals surface area (Å²) in [6.45, 7) is 0.577. The molecule has 0 spiro atoms. The first kappa shape index (κ1) is 17.0. The molecule has 1 aliphatic rings. The number of carbonyl (C=O) groups is 2. The number of benzene rings is 1. The second-order valence-electron chi connectivity index (χ2n) is 4.97. The summed E-state index contributed by atoms with van der Waals surface area (Å²) in [6.07, 6.45) is 1.24. The number of hydrogen-bond acceptors (Lipinski definition) is 7. The Labute approximate surface area is 146 Å². The molecule has 1 aliphatic heterocycles. The van der Waals surface area contributed by atoms with Crippen LogP contribution >= 0.6 is 11.3 Å². The fourth-order valence-corrected chi connectivity index (χ4v) is 3.36. The van der Waals surface area contributed by atoms with Gasteiger partial charge in [0.25, 0.3) is 0 Å². The van der Waals surface area contributed by atoms with Gasteiger partial charge in [0.05, 0.1) is 18.9 Å². The van der Waals surface area contributed by atoms with Crippen LogP contribution < -0.4 is 9.54 Å². The standard InChI is InChI=1S/C16H16N2O6S/c1-21-10-4-3-5-12-14(10)18(8-13(19)22-2)16(25-12)17-15(20)11-9-23-6-7-24-11/h3-5,9H,6-8H2,1-2H3. The number of rotatable bonds is 4. The molecule has 3 rings (SSSR count). The van der Waals surface area contributed by atoms with E-state index >= 15 is 0 Å². The highest BCUT2D eigenvalue weighted by Gasteiger charge is 2.18. The van der Waals surface area contributed by atoms with Crippen LogP contribution in [-0.4, -0.2) is 43.9 Å². The SMILES string of the molecule is COC(=O)Cn1c(=NC(=O)C2=COCCO2)sc2cccc(OC)c21. The van der Waals surface area contributed by atoms with E-state index in [4.69, 9.17) is 18.9 Å². The van der Waals surface area contributed by atoms with Crippen molar-refractivity contribution in [2.45, 2.75) is 6.54 Å². The predicted octanol–water partition coefficient (Wildman–Crippen LogP) is 1.20. The van der Waals surface area contributed by atoms with Gasteiger partial charge in [-0.25, -0.2) is 0 Å². The normalized spacial score (nSPS) is 14.5. The molecule has 8 nitrogen and oxygen atoms in total. The maximum Gasteiger partial charge on any atom is 0.325 e. The number of esters is 1. The highest BCUT2D eigenvalue weighted by molar-refractivity contribution is 7.16. The average Bonchev–Trinajstić information content (AvgIpc) is 2.99. The number of amides is 1. The van der Waals surface area contributed by atoms with Crippen molar-refractivity contribution in [2.75, 3.05) is 27.4 Å². The molecular weight excluding hydrogens is 348 g/mol. The lowest BCUT2D eigenvalue weighted by atomic mass is 10.3. The minimum atomic E-state index is -0.580. The summed E-state index contributed by atoms with van der Waals surface area (Å²) in [5.74, 6) is -0.442. The molecule has 0 N–H and O–H groups in total. The molecule has 0 radical (unpaired) electrons. The Morgan fingerprint density at radius 2 is 2.16 bits per heavy atom. The summed E-state index contributed by atoms with van der Waals surface area (Å²) < 4.78 is 22.9. The van der Waals surface area contributed by atoms with E-state index in [1.54, 1.807) is 10.6 Å². The summed E-state index contributed by atoms with van der Waals surface area (Å²) in [7, 11) is 2.84. The van der Waals surface area contributed by atoms with E-state index in [0.717, 1.165) is 4.70 Å². The van der Waals surface area contributed by atoms with E-state index in [1.165, 1.54) is 31.8 Å². The lowest BCUT2D eigenvalue weighted by Gasteiger charge is -2.12. The van der Waals surface area contributed by atoms with Crippen LogP contribution in [-0.2, 0) is 30.3 Å². The van der Waals surface area contributed by atoms with E-state index < -0.39 is 11.9 Å². The van der Waals surface area contributed by atoms with Crippen molar-refractivity contribution >= 4 is 33.4 Å². The van der Waals surface area contributed by atoms with Crippen LogP contribution in [0, 0.1) is 0 Å². The van der Waals surface area contributed by atoms with Crippen molar-refractivity contribution in [3.63, 3.8) is 0 Å². The summed E-state index contributed by atoms with van der Waals surface area (Å²) in [5, 5.41) is 0. The van der Waals surface area contributed by atoms with Crippen LogP contribution in [0.4, 0.5) is 0 Å². The first-order chi connectivity index (χ1) is 12.1. The number of fused-ring (bicyclic) bond motifs is 1. The lowest BCUT2D eigenvalue weighted by Crippen LogP contribution is -2.23. The molecule has 0 saturated heterocycles. The number of thiazole rings is 1. The van der Waals surface area contributed by atoms with Gasteiger partial charge < -0.3 is 23.5 Å². The Balaban J connectivity index is 2.14. The van der Waals surface area contributed by atoms with Crippen LogP contribution in [0.1, 0.15) is 0 Å². The minimum Gasteiger partial charge on any atom is -0.495 e. The zero-order chi connectivity index (χ0) is 17.8. The van der Waals surface area contributed by atoms with Gasteiger partial charge in [-0.05, 0) is 12.1 Å². The number of para-hydroxylation sites is 1. The van der Waals surface area contributed by atoms with Crippen molar-refractivity contribution in [3.05, 3.63) is 35.0 Å². The second kappa shape index (κ2) is 7.39. The Kier molecular flexibility index (Phi) is 5.03. The van der Waals surface area contributed by atoms with Gasteiger partial charge in [-0.2, -0.15) is 4.99 Å². The van der Waals surface area contributed by atoms with E-state index in [0.29, 0.717) is 22.7 Å². The number of aromatic nitrogens is 1. The molecule has 2 aromatic rings. The van der Waals surface area contributed by atoms with E-state index in [2.05, 4.69) is 4.99 Å². The van der Waals surface area contributed by atoms with E-state index in [-0.39, 0.29) is 18.9 Å². The van der Waals surface area contributed by atoms with Gasteiger partial charge >= 0.3 is 11.9 Å². The van der Waals surface area contributed by atoms with Gasteiger partial charge in [-0.15, -0.1) is 0 Å². The van der Waals surface area contributed by atoms with Gasteiger partial charge in [0, 0.05) is 0 Å². The fourth-order valence-electron chi connectivity index (χ4n) is 2.31. The third-order valence-corrected chi connectivity index (χ3v) is 4.50. The van der Waals surface area contributed by atoms with Crippen molar-refractivity contribution in [1.82, 2.24) is 4.57 Å². The van der Waals surface area contributed by atoms with Crippen molar-refractivity contribution in [2.24, 2.45) is 4.99 Å². The third-order valence-electron chi connectivity index (χ3n) is 3.46. The molecule has 0 bridgehead atoms. The molecule has 1 aromatic carbocycles. The van der Waals surface area contributed by atoms with Gasteiger partial charge in [0.15, 0.2) is 4.80 Å². The number of carbonyl (C=O) groups excluding carboxylic acids is 2. The van der Waals surface area contributed by atoms with Crippen LogP contribution in [0.25, 0.3) is 10.2 Å². The van der Waals surface area contributed by atoms with Gasteiger partial charge in [0.2, 0.25) is 5.76 Å². The third kappa shape index (κ3) is 3.50. The monoisotopic (exact) mass is 364 g/mol. The maximum absolute atomic E-state index is 12.3. The highest BCUT2D eigenvalue weighted by atomic mass is 32.1. The first-order valence-electron chi connectivity index (χ1n) is 7.41. The van der Waals surface area contributed by atoms with Gasteiger partial charge in [-0.1, -0.05) is 17.4 Å². The average molecular weight is 364 g/mol. The summed E-state index contributed by atoms with van der Waals surface area (Å²) >= 11 is 1.26. The molecule has 132 valence electrons. The molecule has 0 aliphatic carbocycles. The zero-order valence-corrected chi connectivity index (χ0v) is 14.5. The molecule has 1 amide bonds. The Morgan fingerprint density at radius 1 is 1.32 bits per heavy atom. The van der Waals surface area contributed by atoms with Crippen molar-refractivity contribution in [3.8, 4) is 5.75 Å². The molecule has 25 heavy (non-hydrogen) atoms. The van der Waals surface area contributed by atoms with Gasteiger partial charge in [0.1, 0.15) is 37.3 Å². The minimum absolute atomic E-state index is 0.0280. The number of ether oxygens (including phenoxy) is 4. The molecule has 0 unspecified atom stereocenters. The molecule has 2 heterocycles. The number of methoxy groups -OCH3 is 2. The van der Waals surface area contributed by atoms with Crippen molar-refractivity contribution < 1.29 is 28.5 Å². The topological polar surface area (TPSA) is 88.4 Å². The molecule has 0 saturated carbocycles. The van der Waals surface area contributed by atoms with Gasteiger partial charge in [-0.3, -0.25) is 9.59 Å². The Morgan fingerprint density at radius 3 is 2.84 bits per heavy atom. The molecule has 0 atom stereocenters. The highest BCUT2D eigenvalue weighted by Crippen LogP contribution is 2.27. The van der Waals surface area contributed by atoms with Crippen LogP contribution in [0.3, 0.4) is 0 Å². The quantitative estimate of drug-likeness (QED) is 0.758. The smallest absolute Gasteiger partial charge is 0.325 e. The Bertz CT molecular complexity index is 911. The number of nitrogens with zero attached hydrogens (tertiary/aromatic N) is 2.